The Morgan fingerprint density at radius 2 is 1.87 bits per heavy atom. The number of oxazole rings is 1. The highest BCUT2D eigenvalue weighted by Crippen LogP contribution is 2.37. The molecule has 38 heavy (non-hydrogen) atoms. The van der Waals surface area contributed by atoms with E-state index >= 15 is 0 Å². The molecule has 1 saturated heterocycles. The number of hydrogen-bond acceptors (Lipinski definition) is 8. The smallest absolute Gasteiger partial charge is 0.433 e. The fourth-order valence-corrected chi connectivity index (χ4v) is 4.13. The van der Waals surface area contributed by atoms with Crippen LogP contribution in [0.1, 0.15) is 41.8 Å². The molecule has 3 aromatic rings. The van der Waals surface area contributed by atoms with E-state index in [1.807, 2.05) is 0 Å². The lowest BCUT2D eigenvalue weighted by molar-refractivity contribution is -0.141. The maximum Gasteiger partial charge on any atom is 0.433 e. The van der Waals surface area contributed by atoms with Gasteiger partial charge in [0.1, 0.15) is 17.0 Å². The van der Waals surface area contributed by atoms with Crippen LogP contribution in [0.15, 0.2) is 28.7 Å². The number of halogens is 3. The zero-order chi connectivity index (χ0) is 27.6. The van der Waals surface area contributed by atoms with Gasteiger partial charge in [0, 0.05) is 30.6 Å². The summed E-state index contributed by atoms with van der Waals surface area (Å²) in [5.41, 5.74) is 5.13. The van der Waals surface area contributed by atoms with Crippen LogP contribution in [-0.4, -0.2) is 66.6 Å². The monoisotopic (exact) mass is 535 g/mol. The van der Waals surface area contributed by atoms with Crippen LogP contribution in [0.4, 0.5) is 13.2 Å². The molecule has 13 heteroatoms. The lowest BCUT2D eigenvalue weighted by Crippen LogP contribution is -2.45. The molecule has 1 aliphatic heterocycles. The van der Waals surface area contributed by atoms with E-state index in [9.17, 15) is 22.8 Å². The fraction of sp³-hybridized carbons (Fsp3) is 0.440. The van der Waals surface area contributed by atoms with Crippen molar-refractivity contribution in [3.63, 3.8) is 0 Å². The zero-order valence-electron chi connectivity index (χ0n) is 21.1. The lowest BCUT2D eigenvalue weighted by Gasteiger charge is -2.29. The number of hydrogen-bond donors (Lipinski definition) is 2. The molecule has 0 spiro atoms. The van der Waals surface area contributed by atoms with Gasteiger partial charge in [0.25, 0.3) is 5.91 Å². The van der Waals surface area contributed by atoms with Gasteiger partial charge in [0.2, 0.25) is 11.8 Å². The Labute approximate surface area is 216 Å². The van der Waals surface area contributed by atoms with Gasteiger partial charge in [-0.1, -0.05) is 6.92 Å². The van der Waals surface area contributed by atoms with Gasteiger partial charge in [-0.15, -0.1) is 0 Å². The standard InChI is InChI=1S/C25H28F3N5O5/c1-13(24(35)33-8-10-37-11-9-33)12-30-22(34)20-21(14(2)29)38-23(32-20)16-4-6-17(36-3)19-15(16)5-7-18(31-19)25(26,27)28/h4-7,13-14H,8-12,29H2,1-3H3,(H,30,34)/t13-,14+/m1/s1. The number of morpholine rings is 1. The van der Waals surface area contributed by atoms with Crippen molar-refractivity contribution in [2.24, 2.45) is 11.7 Å². The molecule has 2 atom stereocenters. The molecule has 0 bridgehead atoms. The van der Waals surface area contributed by atoms with E-state index in [0.29, 0.717) is 31.9 Å². The first-order valence-corrected chi connectivity index (χ1v) is 12.0. The maximum absolute atomic E-state index is 13.3. The SMILES string of the molecule is COc1ccc(-c2nc(C(=O)NC[C@@H](C)C(=O)N3CCOCC3)c([C@H](C)N)o2)c2ccc(C(F)(F)F)nc12. The molecule has 1 aliphatic rings. The van der Waals surface area contributed by atoms with Crippen molar-refractivity contribution in [2.75, 3.05) is 40.0 Å². The van der Waals surface area contributed by atoms with Crippen LogP contribution in [0, 0.1) is 5.92 Å². The topological polar surface area (TPSA) is 133 Å². The molecule has 204 valence electrons. The van der Waals surface area contributed by atoms with E-state index in [4.69, 9.17) is 19.6 Å². The number of alkyl halides is 3. The number of rotatable bonds is 7. The van der Waals surface area contributed by atoms with Gasteiger partial charge < -0.3 is 29.8 Å². The van der Waals surface area contributed by atoms with Gasteiger partial charge in [-0.2, -0.15) is 13.2 Å². The van der Waals surface area contributed by atoms with Crippen molar-refractivity contribution in [3.05, 3.63) is 41.4 Å². The van der Waals surface area contributed by atoms with E-state index in [2.05, 4.69) is 15.3 Å². The Morgan fingerprint density at radius 1 is 1.16 bits per heavy atom. The molecule has 0 radical (unpaired) electrons. The molecule has 0 saturated carbocycles. The van der Waals surface area contributed by atoms with Crippen molar-refractivity contribution in [1.82, 2.24) is 20.2 Å². The number of methoxy groups -OCH3 is 1. The fourth-order valence-electron chi connectivity index (χ4n) is 4.13. The number of ether oxygens (including phenoxy) is 2. The van der Waals surface area contributed by atoms with Crippen LogP contribution in [-0.2, 0) is 15.7 Å². The predicted octanol–water partition coefficient (Wildman–Crippen LogP) is 3.16. The number of nitrogens with zero attached hydrogens (tertiary/aromatic N) is 3. The van der Waals surface area contributed by atoms with Crippen LogP contribution >= 0.6 is 0 Å². The van der Waals surface area contributed by atoms with Crippen LogP contribution in [0.2, 0.25) is 0 Å². The Balaban J connectivity index is 1.62. The Morgan fingerprint density at radius 3 is 2.50 bits per heavy atom. The molecule has 1 fully saturated rings. The van der Waals surface area contributed by atoms with E-state index < -0.39 is 29.7 Å². The highest BCUT2D eigenvalue weighted by Gasteiger charge is 2.33. The maximum atomic E-state index is 13.3. The van der Waals surface area contributed by atoms with Crippen molar-refractivity contribution >= 4 is 22.7 Å². The summed E-state index contributed by atoms with van der Waals surface area (Å²) in [6.07, 6.45) is -4.65. The summed E-state index contributed by atoms with van der Waals surface area (Å²) in [7, 11) is 1.32. The zero-order valence-corrected chi connectivity index (χ0v) is 21.1. The lowest BCUT2D eigenvalue weighted by atomic mass is 10.1. The second kappa shape index (κ2) is 11.0. The molecule has 2 amide bonds. The number of nitrogens with two attached hydrogens (primary N) is 1. The first-order valence-electron chi connectivity index (χ1n) is 12.0. The van der Waals surface area contributed by atoms with Crippen LogP contribution in [0.5, 0.6) is 5.75 Å². The second-order valence-corrected chi connectivity index (χ2v) is 8.98. The predicted molar refractivity (Wildman–Crippen MR) is 130 cm³/mol. The number of carbonyl (C=O) groups is 2. The molecule has 4 rings (SSSR count). The summed E-state index contributed by atoms with van der Waals surface area (Å²) in [4.78, 5) is 35.5. The minimum atomic E-state index is -4.65. The Bertz CT molecular complexity index is 1330. The van der Waals surface area contributed by atoms with Gasteiger partial charge in [-0.25, -0.2) is 9.97 Å². The van der Waals surface area contributed by atoms with Crippen LogP contribution < -0.4 is 15.8 Å². The van der Waals surface area contributed by atoms with Crippen molar-refractivity contribution in [1.29, 1.82) is 0 Å². The van der Waals surface area contributed by atoms with E-state index in [-0.39, 0.29) is 46.4 Å². The Hall–Kier alpha value is -3.71. The van der Waals surface area contributed by atoms with E-state index in [1.54, 1.807) is 24.8 Å². The van der Waals surface area contributed by atoms with Gasteiger partial charge >= 0.3 is 6.18 Å². The summed E-state index contributed by atoms with van der Waals surface area (Å²) in [6, 6.07) is 4.37. The average molecular weight is 536 g/mol. The minimum Gasteiger partial charge on any atom is -0.494 e. The first kappa shape index (κ1) is 27.3. The van der Waals surface area contributed by atoms with Crippen molar-refractivity contribution < 1.29 is 36.7 Å². The van der Waals surface area contributed by atoms with Gasteiger partial charge in [0.15, 0.2) is 11.5 Å². The largest absolute Gasteiger partial charge is 0.494 e. The quantitative estimate of drug-likeness (QED) is 0.472. The molecular formula is C25H28F3N5O5. The molecule has 1 aromatic carbocycles. The van der Waals surface area contributed by atoms with Gasteiger partial charge in [-0.05, 0) is 31.2 Å². The van der Waals surface area contributed by atoms with E-state index in [1.165, 1.54) is 19.2 Å². The number of amides is 2. The van der Waals surface area contributed by atoms with E-state index in [0.717, 1.165) is 6.07 Å². The first-order chi connectivity index (χ1) is 18.0. The number of aromatic nitrogens is 2. The van der Waals surface area contributed by atoms with Crippen LogP contribution in [0.3, 0.4) is 0 Å². The summed E-state index contributed by atoms with van der Waals surface area (Å²) in [5, 5.41) is 2.99. The van der Waals surface area contributed by atoms with Crippen molar-refractivity contribution in [3.8, 4) is 17.2 Å². The van der Waals surface area contributed by atoms with Crippen molar-refractivity contribution in [2.45, 2.75) is 26.1 Å². The Kier molecular flexibility index (Phi) is 7.88. The summed E-state index contributed by atoms with van der Waals surface area (Å²) in [6.45, 7) is 5.31. The molecule has 0 unspecified atom stereocenters. The normalized spacial score (nSPS) is 15.8. The number of pyridine rings is 1. The summed E-state index contributed by atoms with van der Waals surface area (Å²) < 4.78 is 56.1. The molecule has 3 heterocycles. The number of carbonyl (C=O) groups excluding carboxylic acids is 2. The molecule has 2 aromatic heterocycles. The molecule has 0 aliphatic carbocycles. The summed E-state index contributed by atoms with van der Waals surface area (Å²) in [5.74, 6) is -0.976. The molecular weight excluding hydrogens is 507 g/mol. The second-order valence-electron chi connectivity index (χ2n) is 8.98. The highest BCUT2D eigenvalue weighted by molar-refractivity contribution is 5.98. The number of nitrogens with one attached hydrogen (secondary N) is 1. The van der Waals surface area contributed by atoms with Gasteiger partial charge in [0.05, 0.1) is 32.3 Å². The minimum absolute atomic E-state index is 0.0193. The third-order valence-corrected chi connectivity index (χ3v) is 6.16. The average Bonchev–Trinajstić information content (AvgIpc) is 3.36. The number of fused-ring (bicyclic) bond motifs is 1. The molecule has 3 N–H and O–H groups in total. The third-order valence-electron chi connectivity index (χ3n) is 6.16. The third kappa shape index (κ3) is 5.58. The van der Waals surface area contributed by atoms with Gasteiger partial charge in [-0.3, -0.25) is 9.59 Å². The number of benzene rings is 1. The summed E-state index contributed by atoms with van der Waals surface area (Å²) >= 11 is 0. The van der Waals surface area contributed by atoms with Crippen LogP contribution in [0.25, 0.3) is 22.4 Å². The highest BCUT2D eigenvalue weighted by atomic mass is 19.4. The molecule has 10 nitrogen and oxygen atoms in total.